The zero-order valence-corrected chi connectivity index (χ0v) is 16.1. The number of carbonyl (C=O) groups excluding carboxylic acids is 2. The van der Waals surface area contributed by atoms with Crippen LogP contribution < -0.4 is 10.6 Å². The lowest BCUT2D eigenvalue weighted by Gasteiger charge is -2.23. The molecule has 0 atom stereocenters. The molecule has 1 fully saturated rings. The van der Waals surface area contributed by atoms with E-state index in [0.717, 1.165) is 19.4 Å². The van der Waals surface area contributed by atoms with Gasteiger partial charge in [-0.2, -0.15) is 0 Å². The maximum Gasteiger partial charge on any atom is 0.321 e. The average molecular weight is 345 g/mol. The monoisotopic (exact) mass is 345 g/mol. The van der Waals surface area contributed by atoms with Crippen molar-refractivity contribution in [3.8, 4) is 0 Å². The second-order valence-corrected chi connectivity index (χ2v) is 8.28. The number of benzene rings is 1. The van der Waals surface area contributed by atoms with Crippen molar-refractivity contribution in [1.82, 2.24) is 15.5 Å². The molecule has 2 rings (SSSR count). The molecule has 0 saturated heterocycles. The Balaban J connectivity index is 1.90. The van der Waals surface area contributed by atoms with Crippen LogP contribution in [0.3, 0.4) is 0 Å². The molecule has 0 heterocycles. The summed E-state index contributed by atoms with van der Waals surface area (Å²) in [4.78, 5) is 26.2. The Bertz CT molecular complexity index is 598. The fourth-order valence-electron chi connectivity index (χ4n) is 2.72. The van der Waals surface area contributed by atoms with Crippen LogP contribution in [0.2, 0.25) is 0 Å². The number of nitrogens with zero attached hydrogens (tertiary/aromatic N) is 1. The standard InChI is InChI=1S/C20H31N3O2/c1-14(2)16-8-6-15(7-9-16)12-23(17-10-11-17)13-18(24)21-19(25)22-20(3,4)5/h6-9,14,17H,10-13H2,1-5H3,(H2,21,22,24,25). The Labute approximate surface area is 151 Å². The molecule has 1 aliphatic carbocycles. The van der Waals surface area contributed by atoms with Gasteiger partial charge < -0.3 is 5.32 Å². The third-order valence-electron chi connectivity index (χ3n) is 4.18. The van der Waals surface area contributed by atoms with Gasteiger partial charge in [0.1, 0.15) is 0 Å². The van der Waals surface area contributed by atoms with E-state index in [-0.39, 0.29) is 18.0 Å². The molecular weight excluding hydrogens is 314 g/mol. The zero-order valence-electron chi connectivity index (χ0n) is 16.1. The molecule has 0 spiro atoms. The highest BCUT2D eigenvalue weighted by Crippen LogP contribution is 2.28. The normalized spacial score (nSPS) is 14.7. The molecule has 0 bridgehead atoms. The summed E-state index contributed by atoms with van der Waals surface area (Å²) in [6, 6.07) is 8.59. The lowest BCUT2D eigenvalue weighted by Crippen LogP contribution is -2.50. The van der Waals surface area contributed by atoms with E-state index < -0.39 is 6.03 Å². The van der Waals surface area contributed by atoms with Crippen LogP contribution in [-0.2, 0) is 11.3 Å². The largest absolute Gasteiger partial charge is 0.333 e. The SMILES string of the molecule is CC(C)c1ccc(CN(CC(=O)NC(=O)NC(C)(C)C)C2CC2)cc1. The third kappa shape index (κ3) is 6.86. The number of hydrogen-bond donors (Lipinski definition) is 2. The van der Waals surface area contributed by atoms with Gasteiger partial charge in [-0.15, -0.1) is 0 Å². The van der Waals surface area contributed by atoms with Crippen LogP contribution in [0.15, 0.2) is 24.3 Å². The molecule has 25 heavy (non-hydrogen) atoms. The second-order valence-electron chi connectivity index (χ2n) is 8.28. The second kappa shape index (κ2) is 8.00. The maximum absolute atomic E-state index is 12.2. The van der Waals surface area contributed by atoms with Crippen LogP contribution >= 0.6 is 0 Å². The molecule has 0 aromatic heterocycles. The predicted octanol–water partition coefficient (Wildman–Crippen LogP) is 3.40. The Morgan fingerprint density at radius 3 is 2.24 bits per heavy atom. The van der Waals surface area contributed by atoms with E-state index in [1.54, 1.807) is 0 Å². The maximum atomic E-state index is 12.2. The topological polar surface area (TPSA) is 61.4 Å². The van der Waals surface area contributed by atoms with Gasteiger partial charge in [-0.25, -0.2) is 4.79 Å². The highest BCUT2D eigenvalue weighted by atomic mass is 16.2. The number of urea groups is 1. The number of carbonyl (C=O) groups is 2. The zero-order chi connectivity index (χ0) is 18.6. The van der Waals surface area contributed by atoms with Crippen molar-refractivity contribution in [3.05, 3.63) is 35.4 Å². The van der Waals surface area contributed by atoms with Crippen LogP contribution in [0.25, 0.3) is 0 Å². The minimum Gasteiger partial charge on any atom is -0.333 e. The first-order valence-electron chi connectivity index (χ1n) is 9.09. The fraction of sp³-hybridized carbons (Fsp3) is 0.600. The summed E-state index contributed by atoms with van der Waals surface area (Å²) < 4.78 is 0. The molecule has 1 saturated carbocycles. The smallest absolute Gasteiger partial charge is 0.321 e. The molecule has 1 aromatic rings. The van der Waals surface area contributed by atoms with Gasteiger partial charge in [-0.3, -0.25) is 15.0 Å². The van der Waals surface area contributed by atoms with E-state index in [1.165, 1.54) is 11.1 Å². The first-order chi connectivity index (χ1) is 11.6. The van der Waals surface area contributed by atoms with E-state index in [4.69, 9.17) is 0 Å². The van der Waals surface area contributed by atoms with Crippen molar-refractivity contribution in [2.75, 3.05) is 6.54 Å². The summed E-state index contributed by atoms with van der Waals surface area (Å²) >= 11 is 0. The summed E-state index contributed by atoms with van der Waals surface area (Å²) in [5.74, 6) is 0.258. The number of nitrogens with one attached hydrogen (secondary N) is 2. The summed E-state index contributed by atoms with van der Waals surface area (Å²) in [7, 11) is 0. The Hall–Kier alpha value is -1.88. The van der Waals surface area contributed by atoms with E-state index in [1.807, 2.05) is 20.8 Å². The first kappa shape index (κ1) is 19.4. The average Bonchev–Trinajstić information content (AvgIpc) is 3.29. The molecule has 5 heteroatoms. The number of imide groups is 1. The van der Waals surface area contributed by atoms with Gasteiger partial charge >= 0.3 is 6.03 Å². The predicted molar refractivity (Wildman–Crippen MR) is 100 cm³/mol. The number of hydrogen-bond acceptors (Lipinski definition) is 3. The molecule has 2 N–H and O–H groups in total. The number of amides is 3. The Morgan fingerprint density at radius 1 is 1.16 bits per heavy atom. The Morgan fingerprint density at radius 2 is 1.76 bits per heavy atom. The van der Waals surface area contributed by atoms with Crippen molar-refractivity contribution in [1.29, 1.82) is 0 Å². The lowest BCUT2D eigenvalue weighted by atomic mass is 10.0. The molecule has 0 aliphatic heterocycles. The van der Waals surface area contributed by atoms with Crippen LogP contribution in [-0.4, -0.2) is 35.0 Å². The van der Waals surface area contributed by atoms with Crippen LogP contribution in [0.4, 0.5) is 4.79 Å². The molecule has 1 aliphatic rings. The highest BCUT2D eigenvalue weighted by molar-refractivity contribution is 5.95. The molecule has 138 valence electrons. The first-order valence-corrected chi connectivity index (χ1v) is 9.09. The van der Waals surface area contributed by atoms with E-state index in [2.05, 4.69) is 53.6 Å². The van der Waals surface area contributed by atoms with E-state index in [0.29, 0.717) is 12.0 Å². The van der Waals surface area contributed by atoms with Gasteiger partial charge in [0.15, 0.2) is 0 Å². The molecule has 3 amide bonds. The molecule has 1 aromatic carbocycles. The van der Waals surface area contributed by atoms with Crippen LogP contribution in [0.1, 0.15) is 64.5 Å². The van der Waals surface area contributed by atoms with Crippen molar-refractivity contribution in [3.63, 3.8) is 0 Å². The summed E-state index contributed by atoms with van der Waals surface area (Å²) in [5.41, 5.74) is 2.15. The fourth-order valence-corrected chi connectivity index (χ4v) is 2.72. The molecular formula is C20H31N3O2. The summed E-state index contributed by atoms with van der Waals surface area (Å²) in [6.45, 7) is 11.0. The van der Waals surface area contributed by atoms with Crippen LogP contribution in [0, 0.1) is 0 Å². The van der Waals surface area contributed by atoms with Gasteiger partial charge in [-0.05, 0) is 50.7 Å². The highest BCUT2D eigenvalue weighted by Gasteiger charge is 2.30. The van der Waals surface area contributed by atoms with Crippen molar-refractivity contribution >= 4 is 11.9 Å². The van der Waals surface area contributed by atoms with Gasteiger partial charge in [0.2, 0.25) is 5.91 Å². The van der Waals surface area contributed by atoms with E-state index in [9.17, 15) is 9.59 Å². The van der Waals surface area contributed by atoms with Gasteiger partial charge in [0.05, 0.1) is 6.54 Å². The minimum absolute atomic E-state index is 0.244. The third-order valence-corrected chi connectivity index (χ3v) is 4.18. The van der Waals surface area contributed by atoms with E-state index >= 15 is 0 Å². The lowest BCUT2D eigenvalue weighted by molar-refractivity contribution is -0.121. The van der Waals surface area contributed by atoms with Gasteiger partial charge in [0, 0.05) is 18.1 Å². The van der Waals surface area contributed by atoms with Crippen molar-refractivity contribution < 1.29 is 9.59 Å². The van der Waals surface area contributed by atoms with Crippen molar-refractivity contribution in [2.45, 2.75) is 71.5 Å². The minimum atomic E-state index is -0.436. The van der Waals surface area contributed by atoms with Gasteiger partial charge in [-0.1, -0.05) is 38.1 Å². The quantitative estimate of drug-likeness (QED) is 0.831. The molecule has 0 unspecified atom stereocenters. The summed E-state index contributed by atoms with van der Waals surface area (Å²) in [6.07, 6.45) is 2.23. The van der Waals surface area contributed by atoms with Crippen LogP contribution in [0.5, 0.6) is 0 Å². The van der Waals surface area contributed by atoms with Crippen molar-refractivity contribution in [2.24, 2.45) is 0 Å². The molecule has 5 nitrogen and oxygen atoms in total. The number of rotatable bonds is 6. The Kier molecular flexibility index (Phi) is 6.22. The summed E-state index contributed by atoms with van der Waals surface area (Å²) in [5, 5.41) is 5.17. The van der Waals surface area contributed by atoms with Gasteiger partial charge in [0.25, 0.3) is 0 Å². The molecule has 0 radical (unpaired) electrons.